The second-order valence-corrected chi connectivity index (χ2v) is 8.04. The zero-order valence-electron chi connectivity index (χ0n) is 12.7. The van der Waals surface area contributed by atoms with E-state index in [1.54, 1.807) is 0 Å². The molecule has 2 fully saturated rings. The van der Waals surface area contributed by atoms with Gasteiger partial charge in [-0.15, -0.1) is 0 Å². The van der Waals surface area contributed by atoms with E-state index in [9.17, 15) is 18.0 Å². The second kappa shape index (κ2) is 6.02. The number of imide groups is 1. The molecule has 2 amide bonds. The molecule has 2 saturated heterocycles. The van der Waals surface area contributed by atoms with Crippen LogP contribution >= 0.6 is 0 Å². The molecule has 0 aliphatic carbocycles. The number of carbonyl (C=O) groups is 2. The number of amides is 2. The van der Waals surface area contributed by atoms with Crippen molar-refractivity contribution in [3.8, 4) is 0 Å². The number of hydrogen-bond acceptors (Lipinski definition) is 5. The van der Waals surface area contributed by atoms with Gasteiger partial charge in [0.05, 0.1) is 18.7 Å². The first-order chi connectivity index (χ1) is 9.70. The molecule has 0 bridgehead atoms. The van der Waals surface area contributed by atoms with Crippen LogP contribution in [0.2, 0.25) is 0 Å². The zero-order valence-corrected chi connectivity index (χ0v) is 13.5. The Balaban J connectivity index is 1.90. The molecule has 120 valence electrons. The van der Waals surface area contributed by atoms with Gasteiger partial charge in [0.15, 0.2) is 0 Å². The van der Waals surface area contributed by atoms with E-state index < -0.39 is 16.1 Å². The van der Waals surface area contributed by atoms with E-state index in [2.05, 4.69) is 5.32 Å². The third-order valence-corrected chi connectivity index (χ3v) is 5.36. The van der Waals surface area contributed by atoms with Crippen LogP contribution in [0, 0.1) is 0 Å². The molecule has 7 nitrogen and oxygen atoms in total. The first-order valence-electron chi connectivity index (χ1n) is 7.27. The lowest BCUT2D eigenvalue weighted by molar-refractivity contribution is -0.140. The summed E-state index contributed by atoms with van der Waals surface area (Å²) in [5, 5.41) is 3.22. The molecule has 21 heavy (non-hydrogen) atoms. The van der Waals surface area contributed by atoms with Gasteiger partial charge in [-0.05, 0) is 26.7 Å². The van der Waals surface area contributed by atoms with Gasteiger partial charge in [-0.2, -0.15) is 0 Å². The van der Waals surface area contributed by atoms with Crippen LogP contribution in [0.1, 0.15) is 33.1 Å². The van der Waals surface area contributed by atoms with Crippen molar-refractivity contribution in [1.82, 2.24) is 14.5 Å². The van der Waals surface area contributed by atoms with Crippen molar-refractivity contribution in [2.24, 2.45) is 0 Å². The smallest absolute Gasteiger partial charge is 0.247 e. The van der Waals surface area contributed by atoms with Crippen molar-refractivity contribution in [3.05, 3.63) is 0 Å². The van der Waals surface area contributed by atoms with Crippen molar-refractivity contribution >= 4 is 21.8 Å². The lowest BCUT2D eigenvalue weighted by Crippen LogP contribution is -2.50. The van der Waals surface area contributed by atoms with Crippen molar-refractivity contribution < 1.29 is 18.0 Å². The fourth-order valence-electron chi connectivity index (χ4n) is 2.96. The van der Waals surface area contributed by atoms with Gasteiger partial charge < -0.3 is 5.32 Å². The van der Waals surface area contributed by atoms with E-state index in [4.69, 9.17) is 0 Å². The minimum Gasteiger partial charge on any atom is -0.303 e. The van der Waals surface area contributed by atoms with E-state index in [-0.39, 0.29) is 30.3 Å². The number of likely N-dealkylation sites (tertiary alicyclic amines) is 1. The van der Waals surface area contributed by atoms with E-state index in [1.165, 1.54) is 15.5 Å². The number of piperidine rings is 1. The van der Waals surface area contributed by atoms with Crippen LogP contribution in [-0.4, -0.2) is 66.9 Å². The largest absolute Gasteiger partial charge is 0.303 e. The van der Waals surface area contributed by atoms with E-state index in [0.29, 0.717) is 25.9 Å². The SMILES string of the molecule is CC(C)N1C(=O)CC(NC2CCN(S(C)(=O)=O)CC2)C1=O. The number of carbonyl (C=O) groups excluding carboxylic acids is 2. The summed E-state index contributed by atoms with van der Waals surface area (Å²) in [7, 11) is -3.14. The van der Waals surface area contributed by atoms with Gasteiger partial charge in [-0.25, -0.2) is 12.7 Å². The molecule has 0 aromatic carbocycles. The summed E-state index contributed by atoms with van der Waals surface area (Å²) in [6, 6.07) is -0.504. The van der Waals surface area contributed by atoms with Gasteiger partial charge in [0.25, 0.3) is 0 Å². The summed E-state index contributed by atoms with van der Waals surface area (Å²) in [5.41, 5.74) is 0. The Morgan fingerprint density at radius 3 is 2.19 bits per heavy atom. The van der Waals surface area contributed by atoms with Crippen molar-refractivity contribution in [2.45, 2.75) is 51.2 Å². The summed E-state index contributed by atoms with van der Waals surface area (Å²) in [5.74, 6) is -0.304. The Morgan fingerprint density at radius 2 is 1.76 bits per heavy atom. The maximum Gasteiger partial charge on any atom is 0.247 e. The second-order valence-electron chi connectivity index (χ2n) is 6.06. The Kier molecular flexibility index (Phi) is 4.69. The third kappa shape index (κ3) is 3.61. The van der Waals surface area contributed by atoms with Gasteiger partial charge in [0.1, 0.15) is 0 Å². The highest BCUT2D eigenvalue weighted by atomic mass is 32.2. The van der Waals surface area contributed by atoms with Gasteiger partial charge >= 0.3 is 0 Å². The van der Waals surface area contributed by atoms with Crippen LogP contribution in [0.15, 0.2) is 0 Å². The molecule has 1 N–H and O–H groups in total. The highest BCUT2D eigenvalue weighted by Gasteiger charge is 2.41. The average Bonchev–Trinajstić information content (AvgIpc) is 2.64. The molecular weight excluding hydrogens is 294 g/mol. The molecular formula is C13H23N3O4S. The Bertz CT molecular complexity index is 524. The van der Waals surface area contributed by atoms with Crippen LogP contribution < -0.4 is 5.32 Å². The molecule has 0 spiro atoms. The van der Waals surface area contributed by atoms with Gasteiger partial charge in [0.2, 0.25) is 21.8 Å². The maximum atomic E-state index is 12.2. The van der Waals surface area contributed by atoms with Crippen LogP contribution in [0.3, 0.4) is 0 Å². The van der Waals surface area contributed by atoms with Crippen LogP contribution in [0.4, 0.5) is 0 Å². The lowest BCUT2D eigenvalue weighted by Gasteiger charge is -2.32. The number of nitrogens with one attached hydrogen (secondary N) is 1. The van der Waals surface area contributed by atoms with Crippen LogP contribution in [-0.2, 0) is 19.6 Å². The molecule has 0 saturated carbocycles. The molecule has 2 heterocycles. The topological polar surface area (TPSA) is 86.8 Å². The van der Waals surface area contributed by atoms with Crippen molar-refractivity contribution in [2.75, 3.05) is 19.3 Å². The van der Waals surface area contributed by atoms with Crippen molar-refractivity contribution in [3.63, 3.8) is 0 Å². The minimum atomic E-state index is -3.14. The summed E-state index contributed by atoms with van der Waals surface area (Å²) in [4.78, 5) is 25.3. The fraction of sp³-hybridized carbons (Fsp3) is 0.846. The quantitative estimate of drug-likeness (QED) is 0.709. The van der Waals surface area contributed by atoms with E-state index >= 15 is 0 Å². The summed E-state index contributed by atoms with van der Waals surface area (Å²) in [6.45, 7) is 4.56. The Labute approximate surface area is 125 Å². The molecule has 2 aliphatic heterocycles. The standard InChI is InChI=1S/C13H23N3O4S/c1-9(2)16-12(17)8-11(13(16)18)14-10-4-6-15(7-5-10)21(3,19)20/h9-11,14H,4-8H2,1-3H3. The molecule has 8 heteroatoms. The first kappa shape index (κ1) is 16.4. The predicted octanol–water partition coefficient (Wildman–Crippen LogP) is -0.464. The van der Waals surface area contributed by atoms with Crippen LogP contribution in [0.25, 0.3) is 0 Å². The number of sulfonamides is 1. The number of hydrogen-bond donors (Lipinski definition) is 1. The fourth-order valence-corrected chi connectivity index (χ4v) is 3.84. The number of rotatable bonds is 4. The summed E-state index contributed by atoms with van der Waals surface area (Å²) in [6.07, 6.45) is 2.73. The lowest BCUT2D eigenvalue weighted by atomic mass is 10.0. The maximum absolute atomic E-state index is 12.2. The third-order valence-electron chi connectivity index (χ3n) is 4.06. The summed E-state index contributed by atoms with van der Waals surface area (Å²) >= 11 is 0. The zero-order chi connectivity index (χ0) is 15.8. The van der Waals surface area contributed by atoms with Gasteiger partial charge in [0, 0.05) is 25.2 Å². The molecule has 0 aromatic heterocycles. The molecule has 2 rings (SSSR count). The normalized spacial score (nSPS) is 26.1. The van der Waals surface area contributed by atoms with E-state index in [1.807, 2.05) is 13.8 Å². The first-order valence-corrected chi connectivity index (χ1v) is 9.12. The highest BCUT2D eigenvalue weighted by molar-refractivity contribution is 7.88. The molecule has 0 aromatic rings. The van der Waals surface area contributed by atoms with Gasteiger partial charge in [-0.1, -0.05) is 0 Å². The van der Waals surface area contributed by atoms with E-state index in [0.717, 1.165) is 0 Å². The van der Waals surface area contributed by atoms with Crippen LogP contribution in [0.5, 0.6) is 0 Å². The number of nitrogens with zero attached hydrogens (tertiary/aromatic N) is 2. The molecule has 0 radical (unpaired) electrons. The molecule has 1 unspecified atom stereocenters. The Hall–Kier alpha value is -0.990. The molecule has 2 aliphatic rings. The minimum absolute atomic E-state index is 0.0804. The van der Waals surface area contributed by atoms with Gasteiger partial charge in [-0.3, -0.25) is 14.5 Å². The summed E-state index contributed by atoms with van der Waals surface area (Å²) < 4.78 is 24.4. The predicted molar refractivity (Wildman–Crippen MR) is 78.0 cm³/mol. The average molecular weight is 317 g/mol. The Morgan fingerprint density at radius 1 is 1.19 bits per heavy atom. The highest BCUT2D eigenvalue weighted by Crippen LogP contribution is 2.19. The van der Waals surface area contributed by atoms with Crippen molar-refractivity contribution in [1.29, 1.82) is 0 Å². The molecule has 1 atom stereocenters. The monoisotopic (exact) mass is 317 g/mol.